The number of nitrogens with one attached hydrogen (secondary N) is 1. The Morgan fingerprint density at radius 1 is 1.26 bits per heavy atom. The molecule has 1 amide bonds. The van der Waals surface area contributed by atoms with Gasteiger partial charge in [-0.2, -0.15) is 0 Å². The van der Waals surface area contributed by atoms with E-state index in [1.54, 1.807) is 11.0 Å². The number of ether oxygens (including phenoxy) is 1. The van der Waals surface area contributed by atoms with Crippen LogP contribution in [0, 0.1) is 10.1 Å². The Balaban J connectivity index is 1.60. The zero-order valence-corrected chi connectivity index (χ0v) is 15.6. The minimum atomic E-state index is -0.515. The molecule has 27 heavy (non-hydrogen) atoms. The number of rotatable bonds is 4. The van der Waals surface area contributed by atoms with E-state index >= 15 is 0 Å². The summed E-state index contributed by atoms with van der Waals surface area (Å²) >= 11 is 0. The first kappa shape index (κ1) is 18.6. The number of nitrogens with zero attached hydrogens (tertiary/aromatic N) is 3. The lowest BCUT2D eigenvalue weighted by Gasteiger charge is -2.24. The highest BCUT2D eigenvalue weighted by molar-refractivity contribution is 5.69. The summed E-state index contributed by atoms with van der Waals surface area (Å²) in [4.78, 5) is 28.1. The number of benzene rings is 1. The van der Waals surface area contributed by atoms with Gasteiger partial charge >= 0.3 is 6.09 Å². The van der Waals surface area contributed by atoms with Gasteiger partial charge in [0.2, 0.25) is 0 Å². The van der Waals surface area contributed by atoms with Crippen molar-refractivity contribution in [3.63, 3.8) is 0 Å². The molecule has 1 aliphatic rings. The molecule has 0 unspecified atom stereocenters. The highest BCUT2D eigenvalue weighted by Crippen LogP contribution is 2.26. The summed E-state index contributed by atoms with van der Waals surface area (Å²) in [6.45, 7) is 7.15. The fourth-order valence-electron chi connectivity index (χ4n) is 2.80. The Bertz CT molecular complexity index is 859. The van der Waals surface area contributed by atoms with Gasteiger partial charge in [-0.05, 0) is 43.5 Å². The molecule has 0 aliphatic carbocycles. The number of hydrogen-bond donors (Lipinski definition) is 1. The highest BCUT2D eigenvalue weighted by Gasteiger charge is 2.27. The number of fused-ring (bicyclic) bond motifs is 1. The molecule has 0 saturated heterocycles. The van der Waals surface area contributed by atoms with E-state index in [9.17, 15) is 14.9 Å². The van der Waals surface area contributed by atoms with Crippen LogP contribution in [0.1, 0.15) is 37.5 Å². The summed E-state index contributed by atoms with van der Waals surface area (Å²) < 4.78 is 5.43. The molecule has 0 bridgehead atoms. The number of amides is 1. The topological polar surface area (TPSA) is 97.6 Å². The van der Waals surface area contributed by atoms with Gasteiger partial charge in [-0.3, -0.25) is 15.0 Å². The van der Waals surface area contributed by atoms with Crippen molar-refractivity contribution in [2.75, 3.05) is 5.32 Å². The van der Waals surface area contributed by atoms with Gasteiger partial charge < -0.3 is 10.1 Å². The van der Waals surface area contributed by atoms with E-state index in [0.29, 0.717) is 25.5 Å². The fraction of sp³-hybridized carbons (Fsp3) is 0.368. The lowest BCUT2D eigenvalue weighted by atomic mass is 10.1. The Labute approximate surface area is 157 Å². The van der Waals surface area contributed by atoms with Crippen LogP contribution >= 0.6 is 0 Å². The second-order valence-electron chi connectivity index (χ2n) is 7.45. The van der Waals surface area contributed by atoms with E-state index in [1.807, 2.05) is 32.9 Å². The van der Waals surface area contributed by atoms with E-state index in [2.05, 4.69) is 16.4 Å². The normalized spacial score (nSPS) is 13.2. The van der Waals surface area contributed by atoms with Crippen molar-refractivity contribution < 1.29 is 14.5 Å². The van der Waals surface area contributed by atoms with E-state index in [1.165, 1.54) is 12.3 Å². The molecule has 8 nitrogen and oxygen atoms in total. The van der Waals surface area contributed by atoms with Crippen LogP contribution in [0.4, 0.5) is 16.3 Å². The fourth-order valence-corrected chi connectivity index (χ4v) is 2.80. The van der Waals surface area contributed by atoms with E-state index in [4.69, 9.17) is 4.74 Å². The Hall–Kier alpha value is -3.16. The molecule has 0 saturated carbocycles. The van der Waals surface area contributed by atoms with Crippen molar-refractivity contribution in [3.8, 4) is 0 Å². The number of nitro groups is 1. The highest BCUT2D eigenvalue weighted by atomic mass is 16.6. The third-order valence-corrected chi connectivity index (χ3v) is 4.08. The maximum Gasteiger partial charge on any atom is 0.410 e. The molecule has 0 fully saturated rings. The van der Waals surface area contributed by atoms with E-state index < -0.39 is 10.5 Å². The predicted octanol–water partition coefficient (Wildman–Crippen LogP) is 3.85. The summed E-state index contributed by atoms with van der Waals surface area (Å²) in [6.07, 6.45) is 0.914. The summed E-state index contributed by atoms with van der Waals surface area (Å²) in [5, 5.41) is 13.8. The minimum absolute atomic E-state index is 0.0414. The van der Waals surface area contributed by atoms with Crippen LogP contribution < -0.4 is 5.32 Å². The molecule has 0 spiro atoms. The molecular weight excluding hydrogens is 348 g/mol. The second-order valence-corrected chi connectivity index (χ2v) is 7.45. The van der Waals surface area contributed by atoms with Gasteiger partial charge in [-0.25, -0.2) is 9.78 Å². The molecule has 2 aromatic rings. The van der Waals surface area contributed by atoms with Crippen molar-refractivity contribution in [1.29, 1.82) is 0 Å². The number of aromatic nitrogens is 1. The molecule has 8 heteroatoms. The SMILES string of the molecule is CC(C)(C)OC(=O)N1Cc2ccc(CNc3ccc([N+](=O)[O-])cn3)cc2C1. The van der Waals surface area contributed by atoms with Gasteiger partial charge in [0.05, 0.1) is 4.92 Å². The molecule has 0 radical (unpaired) electrons. The number of carbonyl (C=O) groups is 1. The molecule has 2 heterocycles. The first-order chi connectivity index (χ1) is 12.7. The smallest absolute Gasteiger partial charge is 0.410 e. The zero-order chi connectivity index (χ0) is 19.6. The summed E-state index contributed by atoms with van der Waals surface area (Å²) in [6, 6.07) is 9.06. The Kier molecular flexibility index (Phi) is 4.98. The van der Waals surface area contributed by atoms with Crippen molar-refractivity contribution >= 4 is 17.6 Å². The molecule has 1 aliphatic heterocycles. The standard InChI is InChI=1S/C19H22N4O4/c1-19(2,3)27-18(24)22-11-14-5-4-13(8-15(14)12-22)9-20-17-7-6-16(10-21-17)23(25)26/h4-8,10H,9,11-12H2,1-3H3,(H,20,21). The minimum Gasteiger partial charge on any atom is -0.444 e. The van der Waals surface area contributed by atoms with Crippen LogP contribution in [0.3, 0.4) is 0 Å². The first-order valence-corrected chi connectivity index (χ1v) is 8.64. The largest absolute Gasteiger partial charge is 0.444 e. The van der Waals surface area contributed by atoms with Gasteiger partial charge in [0.1, 0.15) is 17.6 Å². The van der Waals surface area contributed by atoms with Crippen LogP contribution in [-0.4, -0.2) is 26.5 Å². The average Bonchev–Trinajstić information content (AvgIpc) is 3.02. The van der Waals surface area contributed by atoms with Gasteiger partial charge in [0.25, 0.3) is 5.69 Å². The maximum absolute atomic E-state index is 12.2. The van der Waals surface area contributed by atoms with Crippen LogP contribution in [-0.2, 0) is 24.4 Å². The Morgan fingerprint density at radius 2 is 2.00 bits per heavy atom. The van der Waals surface area contributed by atoms with E-state index in [-0.39, 0.29) is 11.8 Å². The number of carbonyl (C=O) groups excluding carboxylic acids is 1. The third kappa shape index (κ3) is 4.72. The van der Waals surface area contributed by atoms with Crippen molar-refractivity contribution in [3.05, 3.63) is 63.3 Å². The lowest BCUT2D eigenvalue weighted by Crippen LogP contribution is -2.33. The summed E-state index contributed by atoms with van der Waals surface area (Å²) in [5.74, 6) is 0.566. The van der Waals surface area contributed by atoms with Crippen LogP contribution in [0.5, 0.6) is 0 Å². The van der Waals surface area contributed by atoms with Gasteiger partial charge in [-0.1, -0.05) is 18.2 Å². The number of pyridine rings is 1. The molecule has 1 aromatic carbocycles. The molecule has 3 rings (SSSR count). The lowest BCUT2D eigenvalue weighted by molar-refractivity contribution is -0.385. The molecule has 1 aromatic heterocycles. The number of hydrogen-bond acceptors (Lipinski definition) is 6. The monoisotopic (exact) mass is 370 g/mol. The Morgan fingerprint density at radius 3 is 2.63 bits per heavy atom. The van der Waals surface area contributed by atoms with Crippen molar-refractivity contribution in [2.45, 2.75) is 46.0 Å². The van der Waals surface area contributed by atoms with Crippen LogP contribution in [0.2, 0.25) is 0 Å². The first-order valence-electron chi connectivity index (χ1n) is 8.64. The second kappa shape index (κ2) is 7.22. The summed E-state index contributed by atoms with van der Waals surface area (Å²) in [7, 11) is 0. The van der Waals surface area contributed by atoms with E-state index in [0.717, 1.165) is 16.7 Å². The summed E-state index contributed by atoms with van der Waals surface area (Å²) in [5.41, 5.74) is 2.69. The predicted molar refractivity (Wildman–Crippen MR) is 100 cm³/mol. The van der Waals surface area contributed by atoms with Crippen LogP contribution in [0.15, 0.2) is 36.5 Å². The van der Waals surface area contributed by atoms with Crippen molar-refractivity contribution in [2.24, 2.45) is 0 Å². The number of anilines is 1. The quantitative estimate of drug-likeness (QED) is 0.648. The van der Waals surface area contributed by atoms with Gasteiger partial charge in [-0.15, -0.1) is 0 Å². The molecular formula is C19H22N4O4. The maximum atomic E-state index is 12.2. The van der Waals surface area contributed by atoms with Crippen molar-refractivity contribution in [1.82, 2.24) is 9.88 Å². The van der Waals surface area contributed by atoms with Gasteiger partial charge in [0.15, 0.2) is 0 Å². The molecule has 0 atom stereocenters. The third-order valence-electron chi connectivity index (χ3n) is 4.08. The average molecular weight is 370 g/mol. The van der Waals surface area contributed by atoms with Gasteiger partial charge in [0, 0.05) is 25.7 Å². The van der Waals surface area contributed by atoms with Crippen LogP contribution in [0.25, 0.3) is 0 Å². The molecule has 142 valence electrons. The zero-order valence-electron chi connectivity index (χ0n) is 15.6. The molecule has 1 N–H and O–H groups in total.